The van der Waals surface area contributed by atoms with E-state index in [1.807, 2.05) is 24.0 Å². The molecule has 0 radical (unpaired) electrons. The topological polar surface area (TPSA) is 52.7 Å². The van der Waals surface area contributed by atoms with Gasteiger partial charge in [0.1, 0.15) is 0 Å². The second-order valence-electron chi connectivity index (χ2n) is 7.90. The van der Waals surface area contributed by atoms with Gasteiger partial charge < -0.3 is 15.1 Å². The fourth-order valence-electron chi connectivity index (χ4n) is 4.29. The van der Waals surface area contributed by atoms with Crippen LogP contribution in [0.1, 0.15) is 34.1 Å². The van der Waals surface area contributed by atoms with Crippen molar-refractivity contribution in [2.24, 2.45) is 5.92 Å². The van der Waals surface area contributed by atoms with E-state index in [4.69, 9.17) is 0 Å². The first kappa shape index (κ1) is 20.6. The first-order chi connectivity index (χ1) is 14.0. The van der Waals surface area contributed by atoms with Gasteiger partial charge >= 0.3 is 0 Å². The highest BCUT2D eigenvalue weighted by atomic mass is 79.9. The molecule has 0 spiro atoms. The molecule has 0 unspecified atom stereocenters. The summed E-state index contributed by atoms with van der Waals surface area (Å²) in [4.78, 5) is 30.6. The molecule has 1 aromatic heterocycles. The van der Waals surface area contributed by atoms with Crippen LogP contribution in [0.4, 0.5) is 5.69 Å². The summed E-state index contributed by atoms with van der Waals surface area (Å²) < 4.78 is 0.925. The van der Waals surface area contributed by atoms with Crippen molar-refractivity contribution in [2.75, 3.05) is 31.6 Å². The Labute approximate surface area is 184 Å². The summed E-state index contributed by atoms with van der Waals surface area (Å²) in [7, 11) is 2.15. The zero-order chi connectivity index (χ0) is 20.5. The van der Waals surface area contributed by atoms with E-state index in [9.17, 15) is 9.59 Å². The molecule has 1 saturated heterocycles. The van der Waals surface area contributed by atoms with E-state index in [2.05, 4.69) is 51.4 Å². The third kappa shape index (κ3) is 4.27. The highest BCUT2D eigenvalue weighted by Crippen LogP contribution is 2.31. The lowest BCUT2D eigenvalue weighted by molar-refractivity contribution is -0.120. The largest absolute Gasteiger partial charge is 0.346 e. The molecule has 29 heavy (non-hydrogen) atoms. The average molecular weight is 476 g/mol. The van der Waals surface area contributed by atoms with Gasteiger partial charge in [0.15, 0.2) is 0 Å². The standard InChI is InChI=1S/C22H26BrN3O2S/c1-3-17-18(24-21(27)19-6-7-20(23)29-19)13-26(22(17)28)16-5-4-14-8-10-25(2)11-9-15(14)12-16/h4-7,12,17-18H,3,8-11,13H2,1-2H3,(H,24,27)/t17-,18+/m1/s1. The molecule has 3 heterocycles. The maximum atomic E-state index is 13.1. The van der Waals surface area contributed by atoms with E-state index in [-0.39, 0.29) is 23.8 Å². The predicted octanol–water partition coefficient (Wildman–Crippen LogP) is 3.71. The van der Waals surface area contributed by atoms with Crippen LogP contribution in [0.5, 0.6) is 0 Å². The molecule has 2 amide bonds. The zero-order valence-electron chi connectivity index (χ0n) is 16.8. The monoisotopic (exact) mass is 475 g/mol. The molecule has 1 N–H and O–H groups in total. The van der Waals surface area contributed by atoms with E-state index in [0.29, 0.717) is 17.8 Å². The van der Waals surface area contributed by atoms with Gasteiger partial charge in [-0.2, -0.15) is 0 Å². The number of likely N-dealkylation sites (N-methyl/N-ethyl adjacent to an activating group) is 1. The molecular weight excluding hydrogens is 450 g/mol. The number of carbonyl (C=O) groups excluding carboxylic acids is 2. The SMILES string of the molecule is CC[C@H]1C(=O)N(c2ccc3c(c2)CCN(C)CC3)C[C@@H]1NC(=O)c1ccc(Br)s1. The Balaban J connectivity index is 1.53. The molecule has 0 bridgehead atoms. The maximum Gasteiger partial charge on any atom is 0.261 e. The van der Waals surface area contributed by atoms with Crippen LogP contribution in [0.15, 0.2) is 34.1 Å². The fraction of sp³-hybridized carbons (Fsp3) is 0.455. The number of anilines is 1. The van der Waals surface area contributed by atoms with Gasteiger partial charge in [0.25, 0.3) is 5.91 Å². The van der Waals surface area contributed by atoms with Gasteiger partial charge in [-0.3, -0.25) is 9.59 Å². The van der Waals surface area contributed by atoms with Crippen molar-refractivity contribution in [3.05, 3.63) is 50.1 Å². The highest BCUT2D eigenvalue weighted by molar-refractivity contribution is 9.11. The number of halogens is 1. The lowest BCUT2D eigenvalue weighted by atomic mass is 10.00. The van der Waals surface area contributed by atoms with Crippen molar-refractivity contribution in [1.82, 2.24) is 10.2 Å². The van der Waals surface area contributed by atoms with Crippen LogP contribution >= 0.6 is 27.3 Å². The van der Waals surface area contributed by atoms with Gasteiger partial charge in [-0.15, -0.1) is 11.3 Å². The quantitative estimate of drug-likeness (QED) is 0.732. The molecule has 5 nitrogen and oxygen atoms in total. The summed E-state index contributed by atoms with van der Waals surface area (Å²) >= 11 is 4.81. The minimum Gasteiger partial charge on any atom is -0.346 e. The molecule has 154 valence electrons. The molecule has 2 atom stereocenters. The molecule has 0 saturated carbocycles. The van der Waals surface area contributed by atoms with Crippen LogP contribution in [0.3, 0.4) is 0 Å². The van der Waals surface area contributed by atoms with Crippen molar-refractivity contribution >= 4 is 44.8 Å². The first-order valence-corrected chi connectivity index (χ1v) is 11.7. The molecule has 2 aliphatic rings. The van der Waals surface area contributed by atoms with E-state index in [0.717, 1.165) is 35.4 Å². The van der Waals surface area contributed by atoms with Gasteiger partial charge in [0.2, 0.25) is 5.91 Å². The number of nitrogens with zero attached hydrogens (tertiary/aromatic N) is 2. The second-order valence-corrected chi connectivity index (χ2v) is 10.4. The molecule has 1 aromatic carbocycles. The molecule has 2 aromatic rings. The number of hydrogen-bond acceptors (Lipinski definition) is 4. The Bertz CT molecular complexity index is 929. The van der Waals surface area contributed by atoms with Crippen LogP contribution in [0.2, 0.25) is 0 Å². The summed E-state index contributed by atoms with van der Waals surface area (Å²) in [6.07, 6.45) is 2.77. The lowest BCUT2D eigenvalue weighted by Gasteiger charge is -2.19. The van der Waals surface area contributed by atoms with E-state index in [1.54, 1.807) is 0 Å². The van der Waals surface area contributed by atoms with E-state index in [1.165, 1.54) is 22.5 Å². The predicted molar refractivity (Wildman–Crippen MR) is 121 cm³/mol. The van der Waals surface area contributed by atoms with Crippen molar-refractivity contribution in [2.45, 2.75) is 32.2 Å². The molecule has 7 heteroatoms. The van der Waals surface area contributed by atoms with Gasteiger partial charge in [-0.25, -0.2) is 0 Å². The van der Waals surface area contributed by atoms with Gasteiger partial charge in [-0.05, 0) is 77.6 Å². The maximum absolute atomic E-state index is 13.1. The number of carbonyl (C=O) groups is 2. The minimum absolute atomic E-state index is 0.107. The van der Waals surface area contributed by atoms with Crippen LogP contribution < -0.4 is 10.2 Å². The molecular formula is C22H26BrN3O2S. The smallest absolute Gasteiger partial charge is 0.261 e. The zero-order valence-corrected chi connectivity index (χ0v) is 19.2. The average Bonchev–Trinajstić information content (AvgIpc) is 3.21. The lowest BCUT2D eigenvalue weighted by Crippen LogP contribution is -2.40. The first-order valence-electron chi connectivity index (χ1n) is 10.1. The van der Waals surface area contributed by atoms with Crippen LogP contribution in [0.25, 0.3) is 0 Å². The number of benzene rings is 1. The molecule has 2 aliphatic heterocycles. The number of rotatable bonds is 4. The number of thiophene rings is 1. The van der Waals surface area contributed by atoms with Crippen LogP contribution in [-0.4, -0.2) is 49.4 Å². The summed E-state index contributed by atoms with van der Waals surface area (Å²) in [6, 6.07) is 9.92. The minimum atomic E-state index is -0.188. The Morgan fingerprint density at radius 1 is 1.21 bits per heavy atom. The van der Waals surface area contributed by atoms with Gasteiger partial charge in [0, 0.05) is 25.3 Å². The van der Waals surface area contributed by atoms with Crippen LogP contribution in [0, 0.1) is 5.92 Å². The second kappa shape index (κ2) is 8.58. The number of fused-ring (bicyclic) bond motifs is 1. The normalized spacial score (nSPS) is 22.4. The van der Waals surface area contributed by atoms with Crippen LogP contribution in [-0.2, 0) is 17.6 Å². The Morgan fingerprint density at radius 2 is 1.97 bits per heavy atom. The highest BCUT2D eigenvalue weighted by Gasteiger charge is 2.41. The molecule has 4 rings (SSSR count). The van der Waals surface area contributed by atoms with Gasteiger partial charge in [-0.1, -0.05) is 13.0 Å². The van der Waals surface area contributed by atoms with E-state index >= 15 is 0 Å². The van der Waals surface area contributed by atoms with Gasteiger partial charge in [0.05, 0.1) is 20.6 Å². The Hall–Kier alpha value is -1.70. The number of amides is 2. The van der Waals surface area contributed by atoms with Crippen molar-refractivity contribution in [1.29, 1.82) is 0 Å². The third-order valence-corrected chi connectivity index (χ3v) is 7.65. The summed E-state index contributed by atoms with van der Waals surface area (Å²) in [5.74, 6) is -0.188. The van der Waals surface area contributed by atoms with Crippen molar-refractivity contribution < 1.29 is 9.59 Å². The summed E-state index contributed by atoms with van der Waals surface area (Å²) in [5, 5.41) is 3.10. The van der Waals surface area contributed by atoms with E-state index < -0.39 is 0 Å². The van der Waals surface area contributed by atoms with Crippen molar-refractivity contribution in [3.63, 3.8) is 0 Å². The number of hydrogen-bond donors (Lipinski definition) is 1. The molecule has 0 aliphatic carbocycles. The third-order valence-electron chi connectivity index (χ3n) is 6.03. The Kier molecular flexibility index (Phi) is 6.08. The van der Waals surface area contributed by atoms with Crippen molar-refractivity contribution in [3.8, 4) is 0 Å². The summed E-state index contributed by atoms with van der Waals surface area (Å²) in [6.45, 7) is 4.64. The number of nitrogens with one attached hydrogen (secondary N) is 1. The molecule has 1 fully saturated rings. The Morgan fingerprint density at radius 3 is 2.66 bits per heavy atom. The summed E-state index contributed by atoms with van der Waals surface area (Å²) in [5.41, 5.74) is 3.67. The fourth-order valence-corrected chi connectivity index (χ4v) is 5.58.